The predicted molar refractivity (Wildman–Crippen MR) is 81.6 cm³/mol. The van der Waals surface area contributed by atoms with E-state index < -0.39 is 0 Å². The maximum absolute atomic E-state index is 12.3. The topological polar surface area (TPSA) is 75.2 Å². The number of benzene rings is 1. The quantitative estimate of drug-likeness (QED) is 0.939. The van der Waals surface area contributed by atoms with Crippen LogP contribution in [0.3, 0.4) is 0 Å². The van der Waals surface area contributed by atoms with Crippen molar-refractivity contribution in [2.75, 3.05) is 18.4 Å². The first-order valence-corrected chi connectivity index (χ1v) is 7.21. The molecule has 0 unspecified atom stereocenters. The molecule has 1 aromatic heterocycles. The lowest BCUT2D eigenvalue weighted by Crippen LogP contribution is -2.27. The van der Waals surface area contributed by atoms with Crippen molar-refractivity contribution in [1.29, 1.82) is 0 Å². The van der Waals surface area contributed by atoms with Crippen molar-refractivity contribution in [3.05, 3.63) is 54.1 Å². The Morgan fingerprint density at radius 3 is 2.68 bits per heavy atom. The van der Waals surface area contributed by atoms with Crippen LogP contribution in [0.25, 0.3) is 0 Å². The van der Waals surface area contributed by atoms with Gasteiger partial charge >= 0.3 is 0 Å². The van der Waals surface area contributed by atoms with Crippen LogP contribution in [-0.4, -0.2) is 39.8 Å². The molecule has 0 aliphatic carbocycles. The van der Waals surface area contributed by atoms with E-state index in [2.05, 4.69) is 15.3 Å². The summed E-state index contributed by atoms with van der Waals surface area (Å²) in [5.41, 5.74) is 1.45. The molecule has 6 nitrogen and oxygen atoms in total. The normalized spacial score (nSPS) is 13.9. The molecular formula is C16H16N4O2. The lowest BCUT2D eigenvalue weighted by Gasteiger charge is -2.15. The van der Waals surface area contributed by atoms with Gasteiger partial charge in [0.2, 0.25) is 0 Å². The van der Waals surface area contributed by atoms with Crippen LogP contribution in [0.4, 0.5) is 5.69 Å². The minimum absolute atomic E-state index is 0.00985. The Kier molecular flexibility index (Phi) is 4.09. The largest absolute Gasteiger partial charge is 0.339 e. The van der Waals surface area contributed by atoms with Gasteiger partial charge in [-0.25, -0.2) is 9.97 Å². The van der Waals surface area contributed by atoms with Crippen LogP contribution in [0.1, 0.15) is 33.7 Å². The molecule has 0 spiro atoms. The van der Waals surface area contributed by atoms with E-state index in [0.29, 0.717) is 11.3 Å². The molecule has 1 aromatic carbocycles. The van der Waals surface area contributed by atoms with E-state index >= 15 is 0 Å². The summed E-state index contributed by atoms with van der Waals surface area (Å²) in [6, 6.07) is 8.51. The SMILES string of the molecule is O=C(Nc1cccc(C(=O)N2CCCC2)c1)c1ccncn1. The van der Waals surface area contributed by atoms with Gasteiger partial charge in [-0.1, -0.05) is 6.07 Å². The Labute approximate surface area is 128 Å². The highest BCUT2D eigenvalue weighted by molar-refractivity contribution is 6.03. The Morgan fingerprint density at radius 1 is 1.14 bits per heavy atom. The van der Waals surface area contributed by atoms with Crippen molar-refractivity contribution < 1.29 is 9.59 Å². The van der Waals surface area contributed by atoms with Gasteiger partial charge in [0.25, 0.3) is 11.8 Å². The van der Waals surface area contributed by atoms with Gasteiger partial charge < -0.3 is 10.2 Å². The summed E-state index contributed by atoms with van der Waals surface area (Å²) in [7, 11) is 0. The summed E-state index contributed by atoms with van der Waals surface area (Å²) in [5.74, 6) is -0.316. The first kappa shape index (κ1) is 14.2. The van der Waals surface area contributed by atoms with Gasteiger partial charge in [0.15, 0.2) is 0 Å². The molecule has 22 heavy (non-hydrogen) atoms. The molecular weight excluding hydrogens is 280 g/mol. The Bertz CT molecular complexity index is 682. The average Bonchev–Trinajstić information content (AvgIpc) is 3.09. The molecule has 2 heterocycles. The molecule has 1 aliphatic rings. The fourth-order valence-corrected chi connectivity index (χ4v) is 2.45. The smallest absolute Gasteiger partial charge is 0.274 e. The Balaban J connectivity index is 1.74. The maximum Gasteiger partial charge on any atom is 0.274 e. The minimum Gasteiger partial charge on any atom is -0.339 e. The van der Waals surface area contributed by atoms with E-state index in [-0.39, 0.29) is 17.5 Å². The second kappa shape index (κ2) is 6.34. The fourth-order valence-electron chi connectivity index (χ4n) is 2.45. The number of aromatic nitrogens is 2. The third-order valence-electron chi connectivity index (χ3n) is 3.58. The van der Waals surface area contributed by atoms with E-state index in [0.717, 1.165) is 25.9 Å². The highest BCUT2D eigenvalue weighted by Crippen LogP contribution is 2.16. The summed E-state index contributed by atoms with van der Waals surface area (Å²) >= 11 is 0. The molecule has 112 valence electrons. The van der Waals surface area contributed by atoms with Crippen LogP contribution in [0, 0.1) is 0 Å². The first-order valence-electron chi connectivity index (χ1n) is 7.21. The number of carbonyl (C=O) groups excluding carboxylic acids is 2. The first-order chi connectivity index (χ1) is 10.7. The van der Waals surface area contributed by atoms with Crippen LogP contribution in [-0.2, 0) is 0 Å². The molecule has 2 aromatic rings. The fraction of sp³-hybridized carbons (Fsp3) is 0.250. The molecule has 1 N–H and O–H groups in total. The lowest BCUT2D eigenvalue weighted by molar-refractivity contribution is 0.0792. The molecule has 6 heteroatoms. The van der Waals surface area contributed by atoms with Crippen molar-refractivity contribution >= 4 is 17.5 Å². The zero-order valence-corrected chi connectivity index (χ0v) is 12.0. The van der Waals surface area contributed by atoms with E-state index in [1.54, 1.807) is 24.3 Å². The zero-order valence-electron chi connectivity index (χ0n) is 12.0. The number of anilines is 1. The molecule has 0 atom stereocenters. The number of amides is 2. The number of rotatable bonds is 3. The number of likely N-dealkylation sites (tertiary alicyclic amines) is 1. The van der Waals surface area contributed by atoms with Crippen molar-refractivity contribution in [3.63, 3.8) is 0 Å². The Morgan fingerprint density at radius 2 is 1.95 bits per heavy atom. The average molecular weight is 296 g/mol. The number of carbonyl (C=O) groups is 2. The molecule has 0 bridgehead atoms. The molecule has 2 amide bonds. The molecule has 0 saturated carbocycles. The molecule has 1 saturated heterocycles. The maximum atomic E-state index is 12.3. The van der Waals surface area contributed by atoms with Gasteiger partial charge in [-0.15, -0.1) is 0 Å². The van der Waals surface area contributed by atoms with E-state index in [1.165, 1.54) is 18.6 Å². The minimum atomic E-state index is -0.326. The van der Waals surface area contributed by atoms with Crippen molar-refractivity contribution in [2.24, 2.45) is 0 Å². The van der Waals surface area contributed by atoms with Gasteiger partial charge in [-0.3, -0.25) is 9.59 Å². The second-order valence-corrected chi connectivity index (χ2v) is 5.13. The number of hydrogen-bond donors (Lipinski definition) is 1. The third-order valence-corrected chi connectivity index (χ3v) is 3.58. The standard InChI is InChI=1S/C16H16N4O2/c21-15(14-6-7-17-11-18-14)19-13-5-3-4-12(10-13)16(22)20-8-1-2-9-20/h3-7,10-11H,1-2,8-9H2,(H,19,21). The predicted octanol–water partition coefficient (Wildman–Crippen LogP) is 1.96. The highest BCUT2D eigenvalue weighted by Gasteiger charge is 2.19. The zero-order chi connectivity index (χ0) is 15.4. The second-order valence-electron chi connectivity index (χ2n) is 5.13. The third kappa shape index (κ3) is 3.11. The Hall–Kier alpha value is -2.76. The molecule has 1 aliphatic heterocycles. The summed E-state index contributed by atoms with van der Waals surface area (Å²) < 4.78 is 0. The van der Waals surface area contributed by atoms with Crippen molar-refractivity contribution in [3.8, 4) is 0 Å². The van der Waals surface area contributed by atoms with Crippen LogP contribution in [0.5, 0.6) is 0 Å². The lowest BCUT2D eigenvalue weighted by atomic mass is 10.1. The van der Waals surface area contributed by atoms with Gasteiger partial charge in [0, 0.05) is 30.5 Å². The molecule has 3 rings (SSSR count). The van der Waals surface area contributed by atoms with Crippen molar-refractivity contribution in [2.45, 2.75) is 12.8 Å². The van der Waals surface area contributed by atoms with Gasteiger partial charge in [0.05, 0.1) is 0 Å². The summed E-state index contributed by atoms with van der Waals surface area (Å²) in [6.07, 6.45) is 4.93. The summed E-state index contributed by atoms with van der Waals surface area (Å²) in [5, 5.41) is 2.74. The summed E-state index contributed by atoms with van der Waals surface area (Å²) in [4.78, 5) is 33.9. The van der Waals surface area contributed by atoms with E-state index in [9.17, 15) is 9.59 Å². The molecule has 1 fully saturated rings. The van der Waals surface area contributed by atoms with Crippen LogP contribution in [0.15, 0.2) is 42.9 Å². The monoisotopic (exact) mass is 296 g/mol. The van der Waals surface area contributed by atoms with E-state index in [4.69, 9.17) is 0 Å². The van der Waals surface area contributed by atoms with Gasteiger partial charge in [-0.05, 0) is 37.1 Å². The van der Waals surface area contributed by atoms with Crippen LogP contribution >= 0.6 is 0 Å². The number of hydrogen-bond acceptors (Lipinski definition) is 4. The molecule has 0 radical (unpaired) electrons. The number of nitrogens with one attached hydrogen (secondary N) is 1. The van der Waals surface area contributed by atoms with Crippen LogP contribution in [0.2, 0.25) is 0 Å². The van der Waals surface area contributed by atoms with Gasteiger partial charge in [-0.2, -0.15) is 0 Å². The van der Waals surface area contributed by atoms with Crippen molar-refractivity contribution in [1.82, 2.24) is 14.9 Å². The van der Waals surface area contributed by atoms with Gasteiger partial charge in [0.1, 0.15) is 12.0 Å². The highest BCUT2D eigenvalue weighted by atomic mass is 16.2. The number of nitrogens with zero attached hydrogens (tertiary/aromatic N) is 3. The summed E-state index contributed by atoms with van der Waals surface area (Å²) in [6.45, 7) is 1.60. The van der Waals surface area contributed by atoms with E-state index in [1.807, 2.05) is 4.90 Å². The van der Waals surface area contributed by atoms with Crippen LogP contribution < -0.4 is 5.32 Å².